The molecular weight excluding hydrogens is 538 g/mol. The Morgan fingerprint density at radius 3 is 2.53 bits per heavy atom. The van der Waals surface area contributed by atoms with Crippen molar-refractivity contribution in [1.82, 2.24) is 15.0 Å². The molecule has 3 heterocycles. The van der Waals surface area contributed by atoms with E-state index in [1.807, 2.05) is 35.7 Å². The molecule has 3 aromatic heterocycles. The topological polar surface area (TPSA) is 165 Å². The first-order valence-corrected chi connectivity index (χ1v) is 13.5. The van der Waals surface area contributed by atoms with Gasteiger partial charge in [-0.1, -0.05) is 35.5 Å². The molecule has 4 aromatic rings. The number of anilines is 2. The third-order valence-corrected chi connectivity index (χ3v) is 7.88. The predicted molar refractivity (Wildman–Crippen MR) is 143 cm³/mol. The number of nitriles is 2. The van der Waals surface area contributed by atoms with Gasteiger partial charge in [0.2, 0.25) is 0 Å². The summed E-state index contributed by atoms with van der Waals surface area (Å²) >= 11 is 10.0. The van der Waals surface area contributed by atoms with Gasteiger partial charge in [0.1, 0.15) is 33.6 Å². The molecule has 0 unspecified atom stereocenters. The van der Waals surface area contributed by atoms with Crippen LogP contribution in [-0.2, 0) is 5.75 Å². The number of nitrogens with two attached hydrogens (primary N) is 1. The molecule has 0 radical (unpaired) electrons. The Labute approximate surface area is 223 Å². The maximum atomic E-state index is 9.98. The van der Waals surface area contributed by atoms with Gasteiger partial charge in [0.25, 0.3) is 0 Å². The van der Waals surface area contributed by atoms with E-state index in [0.29, 0.717) is 32.2 Å². The monoisotopic (exact) mass is 555 g/mol. The number of hydrogen-bond acceptors (Lipinski definition) is 12. The van der Waals surface area contributed by atoms with Gasteiger partial charge in [-0.25, -0.2) is 15.0 Å². The molecule has 0 aliphatic heterocycles. The van der Waals surface area contributed by atoms with Crippen LogP contribution in [0.1, 0.15) is 16.8 Å². The SMILES string of the molecule is N#Cc1c(N)nc(SCc2csc(-c3ccc(Cl)cc3)n2)c(C#N)c1-c1csc(NC[C@H](O)CO)n1. The van der Waals surface area contributed by atoms with Gasteiger partial charge in [0.05, 0.1) is 29.7 Å². The number of nitrogen functional groups attached to an aromatic ring is 1. The van der Waals surface area contributed by atoms with Gasteiger partial charge in [0.15, 0.2) is 5.13 Å². The van der Waals surface area contributed by atoms with Gasteiger partial charge < -0.3 is 21.3 Å². The van der Waals surface area contributed by atoms with Crippen LogP contribution in [-0.4, -0.2) is 44.4 Å². The van der Waals surface area contributed by atoms with Crippen molar-refractivity contribution in [2.24, 2.45) is 0 Å². The van der Waals surface area contributed by atoms with E-state index >= 15 is 0 Å². The average Bonchev–Trinajstić information content (AvgIpc) is 3.56. The second-order valence-electron chi connectivity index (χ2n) is 7.35. The molecule has 0 aliphatic carbocycles. The summed E-state index contributed by atoms with van der Waals surface area (Å²) in [5.74, 6) is 0.451. The van der Waals surface area contributed by atoms with Crippen LogP contribution in [0.25, 0.3) is 21.8 Å². The number of nitrogens with zero attached hydrogens (tertiary/aromatic N) is 5. The Morgan fingerprint density at radius 2 is 1.83 bits per heavy atom. The standard InChI is InChI=1S/C23H18ClN7O2S3/c24-13-3-1-12(2-4-13)21-29-14(9-34-21)10-35-22-17(6-26)19(16(5-25)20(27)31-22)18-11-36-23(30-18)28-7-15(33)8-32/h1-4,9,11,15,32-33H,7-8,10H2,(H2,27,31)(H,28,30)/t15-/m0/s1. The molecule has 5 N–H and O–H groups in total. The van der Waals surface area contributed by atoms with Crippen LogP contribution in [0, 0.1) is 22.7 Å². The second kappa shape index (κ2) is 11.7. The van der Waals surface area contributed by atoms with Crippen LogP contribution in [0.5, 0.6) is 0 Å². The number of pyridine rings is 1. The number of aromatic nitrogens is 3. The normalized spacial score (nSPS) is 11.6. The van der Waals surface area contributed by atoms with E-state index in [9.17, 15) is 15.6 Å². The number of hydrogen-bond donors (Lipinski definition) is 4. The highest BCUT2D eigenvalue weighted by Gasteiger charge is 2.23. The molecule has 13 heteroatoms. The Kier molecular flexibility index (Phi) is 8.38. The van der Waals surface area contributed by atoms with Crippen molar-refractivity contribution >= 4 is 57.0 Å². The first-order chi connectivity index (χ1) is 17.4. The fourth-order valence-corrected chi connectivity index (χ4v) is 5.80. The molecule has 0 amide bonds. The molecule has 0 bridgehead atoms. The number of aliphatic hydroxyl groups excluding tert-OH is 2. The van der Waals surface area contributed by atoms with Crippen molar-refractivity contribution in [3.63, 3.8) is 0 Å². The molecule has 36 heavy (non-hydrogen) atoms. The van der Waals surface area contributed by atoms with E-state index in [1.54, 1.807) is 5.38 Å². The van der Waals surface area contributed by atoms with Crippen LogP contribution in [0.2, 0.25) is 5.02 Å². The van der Waals surface area contributed by atoms with Gasteiger partial charge in [0, 0.05) is 39.2 Å². The van der Waals surface area contributed by atoms with Crippen molar-refractivity contribution in [3.05, 3.63) is 56.9 Å². The van der Waals surface area contributed by atoms with Crippen molar-refractivity contribution in [1.29, 1.82) is 10.5 Å². The smallest absolute Gasteiger partial charge is 0.183 e. The summed E-state index contributed by atoms with van der Waals surface area (Å²) < 4.78 is 0. The first kappa shape index (κ1) is 25.9. The molecule has 182 valence electrons. The Bertz CT molecular complexity index is 1460. The molecule has 0 saturated heterocycles. The van der Waals surface area contributed by atoms with Crippen molar-refractivity contribution in [2.45, 2.75) is 16.9 Å². The Morgan fingerprint density at radius 1 is 1.08 bits per heavy atom. The number of aliphatic hydroxyl groups is 2. The van der Waals surface area contributed by atoms with E-state index in [1.165, 1.54) is 34.4 Å². The van der Waals surface area contributed by atoms with Crippen LogP contribution < -0.4 is 11.1 Å². The number of thioether (sulfide) groups is 1. The summed E-state index contributed by atoms with van der Waals surface area (Å²) in [6.07, 6.45) is -0.938. The van der Waals surface area contributed by atoms with E-state index < -0.39 is 6.10 Å². The van der Waals surface area contributed by atoms with E-state index in [-0.39, 0.29) is 30.1 Å². The number of halogens is 1. The quantitative estimate of drug-likeness (QED) is 0.218. The molecule has 4 rings (SSSR count). The van der Waals surface area contributed by atoms with Crippen molar-refractivity contribution in [3.8, 4) is 34.0 Å². The first-order valence-electron chi connectivity index (χ1n) is 10.4. The zero-order valence-electron chi connectivity index (χ0n) is 18.5. The summed E-state index contributed by atoms with van der Waals surface area (Å²) in [5, 5.41) is 47.1. The van der Waals surface area contributed by atoms with E-state index in [4.69, 9.17) is 22.4 Å². The molecule has 0 aliphatic rings. The largest absolute Gasteiger partial charge is 0.394 e. The molecule has 0 saturated carbocycles. The lowest BCUT2D eigenvalue weighted by molar-refractivity contribution is 0.105. The highest BCUT2D eigenvalue weighted by atomic mass is 35.5. The van der Waals surface area contributed by atoms with E-state index in [0.717, 1.165) is 16.3 Å². The summed E-state index contributed by atoms with van der Waals surface area (Å²) in [5.41, 5.74) is 8.84. The molecule has 0 spiro atoms. The number of thiazole rings is 2. The van der Waals surface area contributed by atoms with Crippen LogP contribution in [0.3, 0.4) is 0 Å². The minimum atomic E-state index is -0.938. The van der Waals surface area contributed by atoms with Crippen LogP contribution in [0.4, 0.5) is 10.9 Å². The van der Waals surface area contributed by atoms with Gasteiger partial charge in [-0.2, -0.15) is 10.5 Å². The van der Waals surface area contributed by atoms with Gasteiger partial charge in [-0.15, -0.1) is 22.7 Å². The van der Waals surface area contributed by atoms with Crippen molar-refractivity contribution in [2.75, 3.05) is 24.2 Å². The van der Waals surface area contributed by atoms with Crippen LogP contribution >= 0.6 is 46.0 Å². The highest BCUT2D eigenvalue weighted by Crippen LogP contribution is 2.38. The fourth-order valence-electron chi connectivity index (χ4n) is 3.14. The van der Waals surface area contributed by atoms with Crippen molar-refractivity contribution < 1.29 is 10.2 Å². The summed E-state index contributed by atoms with van der Waals surface area (Å²) in [7, 11) is 0. The zero-order valence-corrected chi connectivity index (χ0v) is 21.7. The lowest BCUT2D eigenvalue weighted by Crippen LogP contribution is -2.22. The fraction of sp³-hybridized carbons (Fsp3) is 0.174. The summed E-state index contributed by atoms with van der Waals surface area (Å²) in [4.78, 5) is 13.4. The highest BCUT2D eigenvalue weighted by molar-refractivity contribution is 7.98. The van der Waals surface area contributed by atoms with Gasteiger partial charge in [-0.05, 0) is 12.1 Å². The predicted octanol–water partition coefficient (Wildman–Crippen LogP) is 4.36. The minimum Gasteiger partial charge on any atom is -0.394 e. The number of rotatable bonds is 9. The second-order valence-corrected chi connectivity index (χ2v) is 10.5. The molecule has 0 fully saturated rings. The number of benzene rings is 1. The average molecular weight is 556 g/mol. The summed E-state index contributed by atoms with van der Waals surface area (Å²) in [6, 6.07) is 11.6. The molecule has 1 atom stereocenters. The molecular formula is C23H18ClN7O2S3. The third kappa shape index (κ3) is 5.77. The Hall–Kier alpha value is -3.23. The molecule has 9 nitrogen and oxygen atoms in total. The van der Waals surface area contributed by atoms with Gasteiger partial charge >= 0.3 is 0 Å². The van der Waals surface area contributed by atoms with E-state index in [2.05, 4.69) is 26.3 Å². The maximum Gasteiger partial charge on any atom is 0.183 e. The lowest BCUT2D eigenvalue weighted by atomic mass is 10.0. The minimum absolute atomic E-state index is 0.00680. The van der Waals surface area contributed by atoms with Gasteiger partial charge in [-0.3, -0.25) is 0 Å². The third-order valence-electron chi connectivity index (χ3n) is 4.88. The zero-order chi connectivity index (χ0) is 25.7. The Balaban J connectivity index is 1.60. The maximum absolute atomic E-state index is 9.98. The lowest BCUT2D eigenvalue weighted by Gasteiger charge is -2.11. The number of nitrogens with one attached hydrogen (secondary N) is 1. The molecule has 1 aromatic carbocycles. The van der Waals surface area contributed by atoms with Crippen LogP contribution in [0.15, 0.2) is 40.1 Å². The summed E-state index contributed by atoms with van der Waals surface area (Å²) in [6.45, 7) is -0.283.